The number of nitrogens with two attached hydrogens (primary N) is 1. The molecule has 112 valence electrons. The van der Waals surface area contributed by atoms with Crippen LogP contribution in [0, 0.1) is 0 Å². The van der Waals surface area contributed by atoms with Gasteiger partial charge in [0.15, 0.2) is 0 Å². The van der Waals surface area contributed by atoms with Gasteiger partial charge in [0.05, 0.1) is 5.69 Å². The lowest BCUT2D eigenvalue weighted by molar-refractivity contribution is 0.601. The molecule has 1 aromatic heterocycles. The van der Waals surface area contributed by atoms with Crippen LogP contribution >= 0.6 is 0 Å². The van der Waals surface area contributed by atoms with Crippen LogP contribution in [0.5, 0.6) is 0 Å². The van der Waals surface area contributed by atoms with Crippen LogP contribution in [0.15, 0.2) is 35.1 Å². The van der Waals surface area contributed by atoms with Crippen molar-refractivity contribution < 1.29 is 0 Å². The molecule has 0 saturated carbocycles. The maximum absolute atomic E-state index is 12.2. The van der Waals surface area contributed by atoms with E-state index < -0.39 is 0 Å². The number of aryl methyl sites for hydroxylation is 1. The minimum atomic E-state index is -0.299. The molecule has 2 N–H and O–H groups in total. The van der Waals surface area contributed by atoms with Crippen molar-refractivity contribution in [2.75, 3.05) is 0 Å². The average molecular weight is 285 g/mol. The molecule has 0 aliphatic heterocycles. The molecule has 0 amide bonds. The predicted molar refractivity (Wildman–Crippen MR) is 86.3 cm³/mol. The molecule has 1 unspecified atom stereocenters. The van der Waals surface area contributed by atoms with Gasteiger partial charge in [0.2, 0.25) is 0 Å². The summed E-state index contributed by atoms with van der Waals surface area (Å²) in [6, 6.07) is 9.82. The third kappa shape index (κ3) is 3.22. The van der Waals surface area contributed by atoms with Crippen LogP contribution in [-0.2, 0) is 6.54 Å². The second-order valence-corrected chi connectivity index (χ2v) is 5.67. The summed E-state index contributed by atoms with van der Waals surface area (Å²) in [5, 5.41) is 4.43. The lowest BCUT2D eigenvalue weighted by Gasteiger charge is -2.12. The number of aromatic nitrogens is 2. The molecule has 2 rings (SSSR count). The Morgan fingerprint density at radius 1 is 1.19 bits per heavy atom. The molecule has 4 nitrogen and oxygen atoms in total. The Labute approximate surface area is 125 Å². The van der Waals surface area contributed by atoms with E-state index >= 15 is 0 Å². The molecule has 1 aromatic carbocycles. The Hall–Kier alpha value is -1.94. The topological polar surface area (TPSA) is 60.9 Å². The summed E-state index contributed by atoms with van der Waals surface area (Å²) in [4.78, 5) is 12.2. The summed E-state index contributed by atoms with van der Waals surface area (Å²) in [5.74, 6) is 0.497. The van der Waals surface area contributed by atoms with Gasteiger partial charge in [-0.2, -0.15) is 5.10 Å². The fourth-order valence-corrected chi connectivity index (χ4v) is 2.28. The Bertz CT molecular complexity index is 669. The highest BCUT2D eigenvalue weighted by molar-refractivity contribution is 5.59. The molecule has 0 spiro atoms. The maximum Gasteiger partial charge on any atom is 0.271 e. The van der Waals surface area contributed by atoms with Gasteiger partial charge < -0.3 is 5.73 Å². The van der Waals surface area contributed by atoms with Gasteiger partial charge in [-0.3, -0.25) is 4.79 Å². The molecular formula is C17H23N3O. The first-order valence-electron chi connectivity index (χ1n) is 7.42. The van der Waals surface area contributed by atoms with Crippen molar-refractivity contribution >= 4 is 0 Å². The van der Waals surface area contributed by atoms with Crippen LogP contribution in [0.2, 0.25) is 0 Å². The van der Waals surface area contributed by atoms with Gasteiger partial charge in [-0.1, -0.05) is 38.1 Å². The molecule has 1 heterocycles. The third-order valence-corrected chi connectivity index (χ3v) is 3.67. The number of benzene rings is 1. The second-order valence-electron chi connectivity index (χ2n) is 5.67. The third-order valence-electron chi connectivity index (χ3n) is 3.67. The standard InChI is InChI=1S/C17H23N3O/c1-5-20-17(21)15(12(4)18)10-16(19-20)14-8-6-13(7-9-14)11(2)3/h6-12H,5,18H2,1-4H3. The molecule has 2 aromatic rings. The Kier molecular flexibility index (Phi) is 4.58. The summed E-state index contributed by atoms with van der Waals surface area (Å²) in [7, 11) is 0. The monoisotopic (exact) mass is 285 g/mol. The summed E-state index contributed by atoms with van der Waals surface area (Å²) < 4.78 is 1.48. The van der Waals surface area contributed by atoms with Crippen LogP contribution in [-0.4, -0.2) is 9.78 Å². The first kappa shape index (κ1) is 15.4. The van der Waals surface area contributed by atoms with Gasteiger partial charge >= 0.3 is 0 Å². The highest BCUT2D eigenvalue weighted by Gasteiger charge is 2.12. The zero-order chi connectivity index (χ0) is 15.6. The Balaban J connectivity index is 2.53. The molecule has 21 heavy (non-hydrogen) atoms. The zero-order valence-electron chi connectivity index (χ0n) is 13.1. The fraction of sp³-hybridized carbons (Fsp3) is 0.412. The van der Waals surface area contributed by atoms with Crippen LogP contribution in [0.25, 0.3) is 11.3 Å². The summed E-state index contributed by atoms with van der Waals surface area (Å²) >= 11 is 0. The van der Waals surface area contributed by atoms with Crippen LogP contribution in [0.1, 0.15) is 50.8 Å². The van der Waals surface area contributed by atoms with Crippen LogP contribution in [0.4, 0.5) is 0 Å². The number of hydrogen-bond donors (Lipinski definition) is 1. The lowest BCUT2D eigenvalue weighted by Crippen LogP contribution is -2.29. The smallest absolute Gasteiger partial charge is 0.271 e. The number of rotatable bonds is 4. The molecule has 0 bridgehead atoms. The molecule has 0 aliphatic carbocycles. The van der Waals surface area contributed by atoms with E-state index in [1.165, 1.54) is 10.2 Å². The van der Waals surface area contributed by atoms with Crippen molar-refractivity contribution in [3.63, 3.8) is 0 Å². The minimum absolute atomic E-state index is 0.102. The highest BCUT2D eigenvalue weighted by atomic mass is 16.1. The van der Waals surface area contributed by atoms with E-state index in [0.29, 0.717) is 18.0 Å². The largest absolute Gasteiger partial charge is 0.324 e. The van der Waals surface area contributed by atoms with Gasteiger partial charge in [0.1, 0.15) is 0 Å². The highest BCUT2D eigenvalue weighted by Crippen LogP contribution is 2.22. The van der Waals surface area contributed by atoms with Crippen molar-refractivity contribution in [2.24, 2.45) is 5.73 Å². The summed E-state index contributed by atoms with van der Waals surface area (Å²) in [6.45, 7) is 8.60. The van der Waals surface area contributed by atoms with E-state index in [0.717, 1.165) is 11.3 Å². The second kappa shape index (κ2) is 6.22. The molecule has 0 fully saturated rings. The normalized spacial score (nSPS) is 12.7. The van der Waals surface area contributed by atoms with Crippen molar-refractivity contribution in [3.05, 3.63) is 51.8 Å². The van der Waals surface area contributed by atoms with E-state index in [4.69, 9.17) is 5.73 Å². The van der Waals surface area contributed by atoms with Gasteiger partial charge in [-0.05, 0) is 31.4 Å². The summed E-state index contributed by atoms with van der Waals surface area (Å²) in [5.41, 5.74) is 9.49. The number of nitrogens with zero attached hydrogens (tertiary/aromatic N) is 2. The van der Waals surface area contributed by atoms with E-state index in [1.807, 2.05) is 32.0 Å². The quantitative estimate of drug-likeness (QED) is 0.939. The first-order valence-corrected chi connectivity index (χ1v) is 7.42. The zero-order valence-corrected chi connectivity index (χ0v) is 13.1. The molecule has 0 radical (unpaired) electrons. The van der Waals surface area contributed by atoms with Gasteiger partial charge in [0.25, 0.3) is 5.56 Å². The molecule has 4 heteroatoms. The van der Waals surface area contributed by atoms with Crippen LogP contribution < -0.4 is 11.3 Å². The summed E-state index contributed by atoms with van der Waals surface area (Å²) in [6.07, 6.45) is 0. The van der Waals surface area contributed by atoms with Crippen molar-refractivity contribution in [2.45, 2.75) is 46.2 Å². The first-order chi connectivity index (χ1) is 9.93. The lowest BCUT2D eigenvalue weighted by atomic mass is 10.00. The van der Waals surface area contributed by atoms with Gasteiger partial charge in [0, 0.05) is 23.7 Å². The Morgan fingerprint density at radius 3 is 2.29 bits per heavy atom. The molecule has 1 atom stereocenters. The average Bonchev–Trinajstić information content (AvgIpc) is 2.47. The fourth-order valence-electron chi connectivity index (χ4n) is 2.28. The van der Waals surface area contributed by atoms with Crippen molar-refractivity contribution in [3.8, 4) is 11.3 Å². The van der Waals surface area contributed by atoms with Gasteiger partial charge in [-0.25, -0.2) is 4.68 Å². The maximum atomic E-state index is 12.2. The van der Waals surface area contributed by atoms with E-state index in [2.05, 4.69) is 31.1 Å². The number of hydrogen-bond acceptors (Lipinski definition) is 3. The van der Waals surface area contributed by atoms with Crippen LogP contribution in [0.3, 0.4) is 0 Å². The Morgan fingerprint density at radius 2 is 1.81 bits per heavy atom. The SMILES string of the molecule is CCn1nc(-c2ccc(C(C)C)cc2)cc(C(C)N)c1=O. The van der Waals surface area contributed by atoms with Crippen molar-refractivity contribution in [1.82, 2.24) is 9.78 Å². The predicted octanol–water partition coefficient (Wildman–Crippen LogP) is 3.07. The molecular weight excluding hydrogens is 262 g/mol. The van der Waals surface area contributed by atoms with Crippen molar-refractivity contribution in [1.29, 1.82) is 0 Å². The van der Waals surface area contributed by atoms with E-state index in [-0.39, 0.29) is 11.6 Å². The van der Waals surface area contributed by atoms with Gasteiger partial charge in [-0.15, -0.1) is 0 Å². The molecule has 0 saturated heterocycles. The molecule has 0 aliphatic rings. The minimum Gasteiger partial charge on any atom is -0.324 e. The van der Waals surface area contributed by atoms with E-state index in [9.17, 15) is 4.79 Å². The van der Waals surface area contributed by atoms with E-state index in [1.54, 1.807) is 0 Å².